The summed E-state index contributed by atoms with van der Waals surface area (Å²) in [7, 11) is 0. The Kier molecular flexibility index (Phi) is 5.25. The van der Waals surface area contributed by atoms with Crippen molar-refractivity contribution in [3.8, 4) is 5.69 Å². The van der Waals surface area contributed by atoms with Crippen LogP contribution in [-0.2, 0) is 23.4 Å². The third-order valence-electron chi connectivity index (χ3n) is 6.43. The molecule has 0 radical (unpaired) electrons. The highest BCUT2D eigenvalue weighted by molar-refractivity contribution is 7.98. The number of hydrogen-bond acceptors (Lipinski definition) is 6. The second kappa shape index (κ2) is 8.43. The largest absolute Gasteiger partial charge is 0.423 e. The molecule has 172 valence electrons. The molecule has 2 aliphatic rings. The number of aryl methyl sites for hydroxylation is 2. The summed E-state index contributed by atoms with van der Waals surface area (Å²) >= 11 is 1.56. The zero-order chi connectivity index (χ0) is 23.2. The van der Waals surface area contributed by atoms with Crippen molar-refractivity contribution in [2.24, 2.45) is 0 Å². The van der Waals surface area contributed by atoms with E-state index in [-0.39, 0.29) is 11.5 Å². The minimum atomic E-state index is -0.329. The fraction of sp³-hybridized carbons (Fsp3) is 0.308. The van der Waals surface area contributed by atoms with E-state index in [2.05, 4.69) is 26.1 Å². The van der Waals surface area contributed by atoms with Crippen LogP contribution in [0.25, 0.3) is 16.7 Å². The number of thioether (sulfide) groups is 1. The van der Waals surface area contributed by atoms with Crippen LogP contribution >= 0.6 is 11.8 Å². The van der Waals surface area contributed by atoms with Gasteiger partial charge in [0.15, 0.2) is 5.16 Å². The smallest absolute Gasteiger partial charge is 0.336 e. The van der Waals surface area contributed by atoms with E-state index in [1.165, 1.54) is 18.1 Å². The van der Waals surface area contributed by atoms with Gasteiger partial charge in [-0.1, -0.05) is 17.8 Å². The molecule has 0 unspecified atom stereocenters. The first-order valence-corrected chi connectivity index (χ1v) is 12.6. The summed E-state index contributed by atoms with van der Waals surface area (Å²) in [6.45, 7) is 1.50. The van der Waals surface area contributed by atoms with Crippen LogP contribution in [0.5, 0.6) is 0 Å². The zero-order valence-corrected chi connectivity index (χ0v) is 19.7. The van der Waals surface area contributed by atoms with Crippen molar-refractivity contribution in [1.82, 2.24) is 14.8 Å². The number of amides is 1. The van der Waals surface area contributed by atoms with Crippen molar-refractivity contribution in [3.63, 3.8) is 0 Å². The minimum absolute atomic E-state index is 0.112. The molecule has 0 aliphatic heterocycles. The third kappa shape index (κ3) is 4.03. The number of aromatic nitrogens is 3. The average molecular weight is 473 g/mol. The Bertz CT molecular complexity index is 1490. The Labute approximate surface area is 200 Å². The van der Waals surface area contributed by atoms with Gasteiger partial charge in [0.25, 0.3) is 0 Å². The molecule has 0 atom stereocenters. The van der Waals surface area contributed by atoms with Gasteiger partial charge in [-0.15, -0.1) is 10.2 Å². The maximum absolute atomic E-state index is 12.3. The molecular weight excluding hydrogens is 448 g/mol. The lowest BCUT2D eigenvalue weighted by atomic mass is 10.0. The number of carbonyl (C=O) groups excluding carboxylic acids is 1. The Balaban J connectivity index is 1.36. The molecule has 1 N–H and O–H groups in total. The van der Waals surface area contributed by atoms with Gasteiger partial charge >= 0.3 is 5.63 Å². The molecule has 2 aromatic heterocycles. The molecule has 2 aromatic carbocycles. The van der Waals surface area contributed by atoms with E-state index in [0.717, 1.165) is 65.4 Å². The number of fused-ring (bicyclic) bond motifs is 2. The number of nitrogens with one attached hydrogen (secondary N) is 1. The van der Waals surface area contributed by atoms with Crippen molar-refractivity contribution in [3.05, 3.63) is 75.4 Å². The first kappa shape index (κ1) is 21.2. The molecule has 1 fully saturated rings. The van der Waals surface area contributed by atoms with Gasteiger partial charge in [-0.25, -0.2) is 4.79 Å². The van der Waals surface area contributed by atoms with E-state index in [4.69, 9.17) is 4.42 Å². The summed E-state index contributed by atoms with van der Waals surface area (Å²) in [6, 6.07) is 13.5. The second-order valence-corrected chi connectivity index (χ2v) is 9.97. The Morgan fingerprint density at radius 2 is 1.97 bits per heavy atom. The standard InChI is InChI=1S/C26H24N4O3S/c1-15(31)27-20-6-3-7-21(13-20)30-25(16-8-9-16)28-29-26(30)34-14-19-12-24(32)33-23-11-18-5-2-4-17(18)10-22(19)23/h3,6-7,10-13,16H,2,4-5,8-9,14H2,1H3,(H,27,31). The maximum Gasteiger partial charge on any atom is 0.336 e. The van der Waals surface area contributed by atoms with Crippen molar-refractivity contribution in [1.29, 1.82) is 0 Å². The number of rotatable bonds is 6. The minimum Gasteiger partial charge on any atom is -0.423 e. The number of benzene rings is 2. The van der Waals surface area contributed by atoms with Crippen LogP contribution in [0.2, 0.25) is 0 Å². The van der Waals surface area contributed by atoms with Crippen molar-refractivity contribution < 1.29 is 9.21 Å². The molecule has 0 saturated heterocycles. The van der Waals surface area contributed by atoms with Gasteiger partial charge < -0.3 is 9.73 Å². The number of nitrogens with zero attached hydrogens (tertiary/aromatic N) is 3. The normalized spacial score (nSPS) is 15.0. The number of hydrogen-bond donors (Lipinski definition) is 1. The van der Waals surface area contributed by atoms with E-state index >= 15 is 0 Å². The quantitative estimate of drug-likeness (QED) is 0.314. The first-order valence-electron chi connectivity index (χ1n) is 11.6. The van der Waals surface area contributed by atoms with Gasteiger partial charge in [0.1, 0.15) is 11.4 Å². The summed E-state index contributed by atoms with van der Waals surface area (Å²) in [4.78, 5) is 23.8. The monoisotopic (exact) mass is 472 g/mol. The summed E-state index contributed by atoms with van der Waals surface area (Å²) in [5, 5.41) is 13.6. The van der Waals surface area contributed by atoms with Crippen LogP contribution in [-0.4, -0.2) is 20.7 Å². The maximum atomic E-state index is 12.3. The molecule has 8 heteroatoms. The van der Waals surface area contributed by atoms with Crippen LogP contribution < -0.4 is 10.9 Å². The molecule has 7 nitrogen and oxygen atoms in total. The highest BCUT2D eigenvalue weighted by Crippen LogP contribution is 2.42. The van der Waals surface area contributed by atoms with Crippen molar-refractivity contribution >= 4 is 34.3 Å². The van der Waals surface area contributed by atoms with Crippen molar-refractivity contribution in [2.75, 3.05) is 5.32 Å². The molecule has 0 bridgehead atoms. The van der Waals surface area contributed by atoms with E-state index < -0.39 is 0 Å². The summed E-state index contributed by atoms with van der Waals surface area (Å²) in [5.41, 5.74) is 5.55. The molecule has 34 heavy (non-hydrogen) atoms. The molecule has 4 aromatic rings. The molecule has 2 heterocycles. The van der Waals surface area contributed by atoms with Crippen LogP contribution in [0.1, 0.15) is 54.6 Å². The van der Waals surface area contributed by atoms with Crippen LogP contribution in [0.3, 0.4) is 0 Å². The molecular formula is C26H24N4O3S. The topological polar surface area (TPSA) is 90.0 Å². The highest BCUT2D eigenvalue weighted by atomic mass is 32.2. The van der Waals surface area contributed by atoms with Crippen LogP contribution in [0, 0.1) is 0 Å². The predicted molar refractivity (Wildman–Crippen MR) is 132 cm³/mol. The Morgan fingerprint density at radius 3 is 2.76 bits per heavy atom. The van der Waals surface area contributed by atoms with Gasteiger partial charge in [0.05, 0.1) is 5.69 Å². The van der Waals surface area contributed by atoms with Crippen LogP contribution in [0.4, 0.5) is 5.69 Å². The average Bonchev–Trinajstić information content (AvgIpc) is 3.40. The fourth-order valence-corrected chi connectivity index (χ4v) is 5.66. The lowest BCUT2D eigenvalue weighted by Crippen LogP contribution is -2.07. The van der Waals surface area contributed by atoms with E-state index in [9.17, 15) is 9.59 Å². The lowest BCUT2D eigenvalue weighted by Gasteiger charge is -2.12. The predicted octanol–water partition coefficient (Wildman–Crippen LogP) is 4.99. The van der Waals surface area contributed by atoms with Gasteiger partial charge in [-0.3, -0.25) is 9.36 Å². The molecule has 1 amide bonds. The summed E-state index contributed by atoms with van der Waals surface area (Å²) in [5.74, 6) is 1.81. The fourth-order valence-electron chi connectivity index (χ4n) is 4.71. The summed E-state index contributed by atoms with van der Waals surface area (Å²) in [6.07, 6.45) is 5.46. The molecule has 1 saturated carbocycles. The number of anilines is 1. The van der Waals surface area contributed by atoms with Crippen molar-refractivity contribution in [2.45, 2.75) is 55.9 Å². The lowest BCUT2D eigenvalue weighted by molar-refractivity contribution is -0.114. The van der Waals surface area contributed by atoms with Gasteiger partial charge in [0, 0.05) is 35.7 Å². The molecule has 2 aliphatic carbocycles. The first-order chi connectivity index (χ1) is 16.5. The van der Waals surface area contributed by atoms with Gasteiger partial charge in [-0.2, -0.15) is 0 Å². The second-order valence-electron chi connectivity index (χ2n) is 9.03. The van der Waals surface area contributed by atoms with Gasteiger partial charge in [-0.05, 0) is 79.1 Å². The zero-order valence-electron chi connectivity index (χ0n) is 18.8. The van der Waals surface area contributed by atoms with Gasteiger partial charge in [0.2, 0.25) is 5.91 Å². The van der Waals surface area contributed by atoms with E-state index in [1.54, 1.807) is 17.8 Å². The SMILES string of the molecule is CC(=O)Nc1cccc(-n2c(SCc3cc(=O)oc4cc5c(cc34)CCC5)nnc2C2CC2)c1. The summed E-state index contributed by atoms with van der Waals surface area (Å²) < 4.78 is 7.61. The Morgan fingerprint density at radius 1 is 1.15 bits per heavy atom. The molecule has 0 spiro atoms. The van der Waals surface area contributed by atoms with Crippen LogP contribution in [0.15, 0.2) is 56.8 Å². The highest BCUT2D eigenvalue weighted by Gasteiger charge is 2.31. The molecule has 6 rings (SSSR count). The Hall–Kier alpha value is -3.39. The van der Waals surface area contributed by atoms with E-state index in [0.29, 0.717) is 17.3 Å². The number of carbonyl (C=O) groups is 1. The third-order valence-corrected chi connectivity index (χ3v) is 7.40. The van der Waals surface area contributed by atoms with E-state index in [1.807, 2.05) is 30.3 Å².